The Kier molecular flexibility index (Phi) is 4.57. The number of anilines is 1. The fraction of sp³-hybridized carbons (Fsp3) is 0.286. The zero-order chi connectivity index (χ0) is 14.5. The van der Waals surface area contributed by atoms with Gasteiger partial charge in [-0.3, -0.25) is 0 Å². The number of hydrogen-bond acceptors (Lipinski definition) is 5. The molecule has 3 N–H and O–H groups in total. The third-order valence-electron chi connectivity index (χ3n) is 2.93. The highest BCUT2D eigenvalue weighted by Crippen LogP contribution is 2.20. The van der Waals surface area contributed by atoms with Crippen molar-refractivity contribution in [1.29, 1.82) is 0 Å². The molecule has 0 amide bonds. The molecule has 6 heteroatoms. The molecule has 0 saturated heterocycles. The van der Waals surface area contributed by atoms with Gasteiger partial charge in [-0.2, -0.15) is 0 Å². The van der Waals surface area contributed by atoms with Gasteiger partial charge in [0.1, 0.15) is 11.5 Å². The van der Waals surface area contributed by atoms with Crippen molar-refractivity contribution in [3.05, 3.63) is 46.3 Å². The summed E-state index contributed by atoms with van der Waals surface area (Å²) in [7, 11) is 0. The van der Waals surface area contributed by atoms with Crippen LogP contribution in [-0.4, -0.2) is 22.1 Å². The molecule has 0 unspecified atom stereocenters. The van der Waals surface area contributed by atoms with Crippen molar-refractivity contribution in [2.45, 2.75) is 26.4 Å². The molecule has 2 aromatic heterocycles. The molecule has 0 radical (unpaired) electrons. The Bertz CT molecular complexity index is 581. The molecule has 0 aliphatic rings. The van der Waals surface area contributed by atoms with Crippen LogP contribution in [0, 0.1) is 0 Å². The highest BCUT2D eigenvalue weighted by molar-refractivity contribution is 7.09. The largest absolute Gasteiger partial charge is 0.409 e. The van der Waals surface area contributed by atoms with E-state index >= 15 is 0 Å². The number of nitrogens with two attached hydrogens (primary N) is 1. The zero-order valence-electron chi connectivity index (χ0n) is 11.5. The quantitative estimate of drug-likeness (QED) is 0.384. The predicted octanol–water partition coefficient (Wildman–Crippen LogP) is 2.65. The average molecular weight is 290 g/mol. The monoisotopic (exact) mass is 290 g/mol. The van der Waals surface area contributed by atoms with Crippen LogP contribution in [0.2, 0.25) is 0 Å². The van der Waals surface area contributed by atoms with Gasteiger partial charge in [-0.15, -0.1) is 11.3 Å². The van der Waals surface area contributed by atoms with Gasteiger partial charge in [-0.1, -0.05) is 17.3 Å². The Hall–Kier alpha value is -2.08. The topological polar surface area (TPSA) is 74.7 Å². The lowest BCUT2D eigenvalue weighted by atomic mass is 10.2. The third-order valence-corrected chi connectivity index (χ3v) is 3.79. The zero-order valence-corrected chi connectivity index (χ0v) is 12.3. The second kappa shape index (κ2) is 6.38. The first-order valence-electron chi connectivity index (χ1n) is 6.35. The van der Waals surface area contributed by atoms with Gasteiger partial charge in [-0.05, 0) is 37.4 Å². The van der Waals surface area contributed by atoms with Crippen LogP contribution >= 0.6 is 11.3 Å². The van der Waals surface area contributed by atoms with E-state index < -0.39 is 0 Å². The molecule has 0 bridgehead atoms. The van der Waals surface area contributed by atoms with Gasteiger partial charge in [0.2, 0.25) is 0 Å². The highest BCUT2D eigenvalue weighted by Gasteiger charge is 2.14. The van der Waals surface area contributed by atoms with E-state index in [1.54, 1.807) is 17.4 Å². The molecule has 0 aliphatic heterocycles. The van der Waals surface area contributed by atoms with Crippen LogP contribution in [0.5, 0.6) is 0 Å². The summed E-state index contributed by atoms with van der Waals surface area (Å²) in [5.41, 5.74) is 6.07. The SMILES string of the molecule is CC(C)N(Cc1cccs1)c1cccc(C(N)=NO)n1. The van der Waals surface area contributed by atoms with Crippen molar-refractivity contribution < 1.29 is 5.21 Å². The van der Waals surface area contributed by atoms with Gasteiger partial charge < -0.3 is 15.8 Å². The van der Waals surface area contributed by atoms with E-state index in [-0.39, 0.29) is 5.84 Å². The lowest BCUT2D eigenvalue weighted by Crippen LogP contribution is -2.31. The van der Waals surface area contributed by atoms with Crippen LogP contribution < -0.4 is 10.6 Å². The Balaban J connectivity index is 2.30. The molecular formula is C14H18N4OS. The number of aromatic nitrogens is 1. The summed E-state index contributed by atoms with van der Waals surface area (Å²) in [5.74, 6) is 0.837. The van der Waals surface area contributed by atoms with Crippen LogP contribution in [0.4, 0.5) is 5.82 Å². The van der Waals surface area contributed by atoms with E-state index in [9.17, 15) is 0 Å². The smallest absolute Gasteiger partial charge is 0.188 e. The lowest BCUT2D eigenvalue weighted by Gasteiger charge is -2.27. The summed E-state index contributed by atoms with van der Waals surface area (Å²) in [5, 5.41) is 13.8. The van der Waals surface area contributed by atoms with E-state index in [1.807, 2.05) is 18.2 Å². The third kappa shape index (κ3) is 3.27. The van der Waals surface area contributed by atoms with E-state index in [4.69, 9.17) is 10.9 Å². The van der Waals surface area contributed by atoms with Crippen LogP contribution in [-0.2, 0) is 6.54 Å². The number of nitrogens with zero attached hydrogens (tertiary/aromatic N) is 3. The van der Waals surface area contributed by atoms with Crippen molar-refractivity contribution in [3.63, 3.8) is 0 Å². The number of pyridine rings is 1. The van der Waals surface area contributed by atoms with Crippen molar-refractivity contribution in [3.8, 4) is 0 Å². The summed E-state index contributed by atoms with van der Waals surface area (Å²) in [6, 6.07) is 9.96. The molecule has 5 nitrogen and oxygen atoms in total. The fourth-order valence-electron chi connectivity index (χ4n) is 1.88. The molecule has 20 heavy (non-hydrogen) atoms. The standard InChI is InChI=1S/C14H18N4OS/c1-10(2)18(9-11-5-4-8-20-11)13-7-3-6-12(16-13)14(15)17-19/h3-8,10,19H,9H2,1-2H3,(H2,15,17). The highest BCUT2D eigenvalue weighted by atomic mass is 32.1. The maximum Gasteiger partial charge on any atom is 0.188 e. The second-order valence-corrected chi connectivity index (χ2v) is 5.70. The number of rotatable bonds is 5. The molecular weight excluding hydrogens is 272 g/mol. The van der Waals surface area contributed by atoms with E-state index in [1.165, 1.54) is 4.88 Å². The summed E-state index contributed by atoms with van der Waals surface area (Å²) < 4.78 is 0. The Labute approximate surface area is 122 Å². The van der Waals surface area contributed by atoms with E-state index in [2.05, 4.69) is 40.3 Å². The average Bonchev–Trinajstić information content (AvgIpc) is 2.96. The van der Waals surface area contributed by atoms with E-state index in [0.717, 1.165) is 12.4 Å². The number of thiophene rings is 1. The molecule has 0 saturated carbocycles. The Morgan fingerprint density at radius 2 is 2.20 bits per heavy atom. The van der Waals surface area contributed by atoms with Crippen molar-refractivity contribution in [1.82, 2.24) is 4.98 Å². The van der Waals surface area contributed by atoms with E-state index in [0.29, 0.717) is 11.7 Å². The summed E-state index contributed by atoms with van der Waals surface area (Å²) in [6.07, 6.45) is 0. The van der Waals surface area contributed by atoms with Crippen LogP contribution in [0.15, 0.2) is 40.9 Å². The van der Waals surface area contributed by atoms with Crippen molar-refractivity contribution in [2.24, 2.45) is 10.9 Å². The molecule has 2 heterocycles. The van der Waals surface area contributed by atoms with Gasteiger partial charge in [0.15, 0.2) is 5.84 Å². The van der Waals surface area contributed by atoms with Gasteiger partial charge >= 0.3 is 0 Å². The summed E-state index contributed by atoms with van der Waals surface area (Å²) in [4.78, 5) is 7.91. The molecule has 2 rings (SSSR count). The lowest BCUT2D eigenvalue weighted by molar-refractivity contribution is 0.318. The molecule has 2 aromatic rings. The minimum absolute atomic E-state index is 0.0201. The van der Waals surface area contributed by atoms with Crippen molar-refractivity contribution >= 4 is 23.0 Å². The molecule has 0 spiro atoms. The maximum atomic E-state index is 8.75. The van der Waals surface area contributed by atoms with Crippen LogP contribution in [0.25, 0.3) is 0 Å². The number of hydrogen-bond donors (Lipinski definition) is 2. The fourth-order valence-corrected chi connectivity index (χ4v) is 2.58. The molecule has 0 fully saturated rings. The minimum Gasteiger partial charge on any atom is -0.409 e. The van der Waals surface area contributed by atoms with Crippen molar-refractivity contribution in [2.75, 3.05) is 4.90 Å². The predicted molar refractivity (Wildman–Crippen MR) is 82.4 cm³/mol. The van der Waals surface area contributed by atoms with Gasteiger partial charge in [0.25, 0.3) is 0 Å². The molecule has 0 atom stereocenters. The Morgan fingerprint density at radius 3 is 2.80 bits per heavy atom. The first-order valence-corrected chi connectivity index (χ1v) is 7.23. The Morgan fingerprint density at radius 1 is 1.40 bits per heavy atom. The minimum atomic E-state index is 0.0201. The second-order valence-electron chi connectivity index (χ2n) is 4.67. The first-order chi connectivity index (χ1) is 9.61. The van der Waals surface area contributed by atoms with Crippen LogP contribution in [0.3, 0.4) is 0 Å². The first kappa shape index (κ1) is 14.3. The molecule has 0 aromatic carbocycles. The van der Waals surface area contributed by atoms with Crippen LogP contribution in [0.1, 0.15) is 24.4 Å². The molecule has 106 valence electrons. The van der Waals surface area contributed by atoms with Gasteiger partial charge in [0, 0.05) is 10.9 Å². The summed E-state index contributed by atoms with van der Waals surface area (Å²) >= 11 is 1.72. The number of amidine groups is 1. The van der Waals surface area contributed by atoms with Gasteiger partial charge in [0.05, 0.1) is 6.54 Å². The summed E-state index contributed by atoms with van der Waals surface area (Å²) in [6.45, 7) is 5.03. The maximum absolute atomic E-state index is 8.75. The number of oxime groups is 1. The molecule has 0 aliphatic carbocycles. The van der Waals surface area contributed by atoms with Gasteiger partial charge in [-0.25, -0.2) is 4.98 Å². The normalized spacial score (nSPS) is 11.8.